The van der Waals surface area contributed by atoms with Crippen molar-refractivity contribution < 1.29 is 9.53 Å². The molecule has 0 saturated carbocycles. The van der Waals surface area contributed by atoms with Crippen LogP contribution < -0.4 is 16.6 Å². The number of nitrogens with one attached hydrogen (secondary N) is 2. The molecule has 0 spiro atoms. The third-order valence-electron chi connectivity index (χ3n) is 3.25. The topological polar surface area (TPSA) is 89.3 Å². The van der Waals surface area contributed by atoms with Crippen LogP contribution in [0.5, 0.6) is 0 Å². The van der Waals surface area contributed by atoms with E-state index >= 15 is 0 Å². The molecule has 4 N–H and O–H groups in total. The number of carbonyl (C=O) groups excluding carboxylic acids is 1. The molecule has 1 aliphatic rings. The average Bonchev–Trinajstić information content (AvgIpc) is 2.48. The quantitative estimate of drug-likeness (QED) is 0.546. The molecule has 1 fully saturated rings. The summed E-state index contributed by atoms with van der Waals surface area (Å²) in [5, 5.41) is 2.87. The molecular formula is C13H20N4O2. The fraction of sp³-hybridized carbons (Fsp3) is 0.538. The summed E-state index contributed by atoms with van der Waals surface area (Å²) in [5.41, 5.74) is 3.51. The molecule has 1 amide bonds. The maximum Gasteiger partial charge on any atom is 0.255 e. The van der Waals surface area contributed by atoms with Gasteiger partial charge in [-0.15, -0.1) is 0 Å². The van der Waals surface area contributed by atoms with E-state index in [2.05, 4.69) is 15.7 Å². The highest BCUT2D eigenvalue weighted by atomic mass is 16.5. The van der Waals surface area contributed by atoms with Gasteiger partial charge in [0, 0.05) is 25.5 Å². The van der Waals surface area contributed by atoms with Crippen LogP contribution in [0.25, 0.3) is 0 Å². The van der Waals surface area contributed by atoms with Crippen molar-refractivity contribution in [3.05, 3.63) is 24.0 Å². The molecule has 2 rings (SSSR count). The van der Waals surface area contributed by atoms with E-state index < -0.39 is 0 Å². The van der Waals surface area contributed by atoms with Crippen LogP contribution in [0.4, 0.5) is 5.69 Å². The van der Waals surface area contributed by atoms with Crippen LogP contribution in [0.2, 0.25) is 0 Å². The molecule has 1 atom stereocenters. The molecule has 0 aliphatic carbocycles. The molecular weight excluding hydrogens is 244 g/mol. The lowest BCUT2D eigenvalue weighted by Gasteiger charge is -2.22. The molecule has 2 heterocycles. The van der Waals surface area contributed by atoms with Crippen LogP contribution in [0.1, 0.15) is 36.0 Å². The molecule has 104 valence electrons. The van der Waals surface area contributed by atoms with Gasteiger partial charge in [-0.2, -0.15) is 0 Å². The molecule has 0 aromatic carbocycles. The van der Waals surface area contributed by atoms with Crippen molar-refractivity contribution in [1.82, 2.24) is 10.3 Å². The molecule has 1 aliphatic heterocycles. The smallest absolute Gasteiger partial charge is 0.255 e. The number of ether oxygens (including phenoxy) is 1. The summed E-state index contributed by atoms with van der Waals surface area (Å²) in [6.45, 7) is 1.44. The fourth-order valence-corrected chi connectivity index (χ4v) is 2.18. The number of hydrogen-bond donors (Lipinski definition) is 3. The van der Waals surface area contributed by atoms with E-state index in [9.17, 15) is 4.79 Å². The SMILES string of the molecule is NNc1ccncc1C(=O)NCCC1CCCCO1. The molecule has 6 heteroatoms. The van der Waals surface area contributed by atoms with Crippen LogP contribution in [0, 0.1) is 0 Å². The van der Waals surface area contributed by atoms with E-state index in [4.69, 9.17) is 10.6 Å². The Morgan fingerprint density at radius 2 is 2.42 bits per heavy atom. The van der Waals surface area contributed by atoms with Gasteiger partial charge in [-0.1, -0.05) is 0 Å². The van der Waals surface area contributed by atoms with Crippen molar-refractivity contribution in [2.75, 3.05) is 18.6 Å². The van der Waals surface area contributed by atoms with Gasteiger partial charge >= 0.3 is 0 Å². The minimum atomic E-state index is -0.170. The van der Waals surface area contributed by atoms with Crippen molar-refractivity contribution in [3.63, 3.8) is 0 Å². The van der Waals surface area contributed by atoms with E-state index in [0.717, 1.165) is 25.9 Å². The normalized spacial score (nSPS) is 18.9. The largest absolute Gasteiger partial charge is 0.378 e. The average molecular weight is 264 g/mol. The number of carbonyl (C=O) groups is 1. The molecule has 1 saturated heterocycles. The summed E-state index contributed by atoms with van der Waals surface area (Å²) in [6, 6.07) is 1.67. The first-order chi connectivity index (χ1) is 9.31. The Labute approximate surface area is 112 Å². The van der Waals surface area contributed by atoms with E-state index in [1.165, 1.54) is 12.6 Å². The number of rotatable bonds is 5. The van der Waals surface area contributed by atoms with Gasteiger partial charge in [-0.3, -0.25) is 15.6 Å². The van der Waals surface area contributed by atoms with E-state index in [1.54, 1.807) is 12.3 Å². The van der Waals surface area contributed by atoms with Gasteiger partial charge in [0.15, 0.2) is 0 Å². The molecule has 0 bridgehead atoms. The summed E-state index contributed by atoms with van der Waals surface area (Å²) in [6.07, 6.45) is 7.64. The predicted molar refractivity (Wildman–Crippen MR) is 72.6 cm³/mol. The summed E-state index contributed by atoms with van der Waals surface area (Å²) in [7, 11) is 0. The number of aromatic nitrogens is 1. The Morgan fingerprint density at radius 1 is 1.53 bits per heavy atom. The number of hydrazine groups is 1. The third kappa shape index (κ3) is 3.90. The minimum absolute atomic E-state index is 0.170. The highest BCUT2D eigenvalue weighted by molar-refractivity contribution is 5.99. The van der Waals surface area contributed by atoms with Gasteiger partial charge < -0.3 is 15.5 Å². The van der Waals surface area contributed by atoms with Crippen LogP contribution in [-0.4, -0.2) is 30.1 Å². The standard InChI is InChI=1S/C13H20N4O2/c14-17-12-5-6-15-9-11(12)13(18)16-7-4-10-3-1-2-8-19-10/h5-6,9-10H,1-4,7-8,14H2,(H,15,17)(H,16,18). The highest BCUT2D eigenvalue weighted by Gasteiger charge is 2.15. The Hall–Kier alpha value is -1.66. The van der Waals surface area contributed by atoms with Crippen molar-refractivity contribution >= 4 is 11.6 Å². The van der Waals surface area contributed by atoms with Crippen molar-refractivity contribution in [2.45, 2.75) is 31.8 Å². The third-order valence-corrected chi connectivity index (χ3v) is 3.25. The second-order valence-corrected chi connectivity index (χ2v) is 4.60. The second-order valence-electron chi connectivity index (χ2n) is 4.60. The molecule has 19 heavy (non-hydrogen) atoms. The van der Waals surface area contributed by atoms with Crippen LogP contribution in [0.3, 0.4) is 0 Å². The summed E-state index contributed by atoms with van der Waals surface area (Å²) in [4.78, 5) is 15.9. The Balaban J connectivity index is 1.80. The first kappa shape index (κ1) is 13.8. The number of nitrogens with two attached hydrogens (primary N) is 1. The number of anilines is 1. The molecule has 6 nitrogen and oxygen atoms in total. The predicted octanol–water partition coefficient (Wildman–Crippen LogP) is 1.06. The maximum atomic E-state index is 12.0. The zero-order chi connectivity index (χ0) is 13.5. The zero-order valence-corrected chi connectivity index (χ0v) is 10.9. The second kappa shape index (κ2) is 7.06. The van der Waals surface area contributed by atoms with E-state index in [-0.39, 0.29) is 12.0 Å². The number of amides is 1. The molecule has 0 radical (unpaired) electrons. The van der Waals surface area contributed by atoms with Crippen LogP contribution in [0.15, 0.2) is 18.5 Å². The Kier molecular flexibility index (Phi) is 5.11. The lowest BCUT2D eigenvalue weighted by molar-refractivity contribution is 0.0117. The van der Waals surface area contributed by atoms with Gasteiger partial charge in [-0.05, 0) is 31.7 Å². The molecule has 1 unspecified atom stereocenters. The van der Waals surface area contributed by atoms with E-state index in [1.807, 2.05) is 0 Å². The molecule has 1 aromatic heterocycles. The number of nitrogen functional groups attached to an aromatic ring is 1. The molecule has 1 aromatic rings. The Bertz CT molecular complexity index is 419. The van der Waals surface area contributed by atoms with Crippen LogP contribution >= 0.6 is 0 Å². The highest BCUT2D eigenvalue weighted by Crippen LogP contribution is 2.15. The lowest BCUT2D eigenvalue weighted by atomic mass is 10.1. The number of nitrogens with zero attached hydrogens (tertiary/aromatic N) is 1. The van der Waals surface area contributed by atoms with Crippen LogP contribution in [-0.2, 0) is 4.74 Å². The van der Waals surface area contributed by atoms with Crippen molar-refractivity contribution in [3.8, 4) is 0 Å². The van der Waals surface area contributed by atoms with Gasteiger partial charge in [-0.25, -0.2) is 0 Å². The summed E-state index contributed by atoms with van der Waals surface area (Å²) in [5.74, 6) is 5.19. The Morgan fingerprint density at radius 3 is 3.16 bits per heavy atom. The van der Waals surface area contributed by atoms with Crippen molar-refractivity contribution in [2.24, 2.45) is 5.84 Å². The lowest BCUT2D eigenvalue weighted by Crippen LogP contribution is -2.30. The minimum Gasteiger partial charge on any atom is -0.378 e. The maximum absolute atomic E-state index is 12.0. The van der Waals surface area contributed by atoms with Crippen molar-refractivity contribution in [1.29, 1.82) is 0 Å². The summed E-state index contributed by atoms with van der Waals surface area (Å²) >= 11 is 0. The first-order valence-corrected chi connectivity index (χ1v) is 6.61. The van der Waals surface area contributed by atoms with Gasteiger partial charge in [0.1, 0.15) is 0 Å². The first-order valence-electron chi connectivity index (χ1n) is 6.61. The fourth-order valence-electron chi connectivity index (χ4n) is 2.18. The summed E-state index contributed by atoms with van der Waals surface area (Å²) < 4.78 is 5.61. The monoisotopic (exact) mass is 264 g/mol. The number of hydrogen-bond acceptors (Lipinski definition) is 5. The zero-order valence-electron chi connectivity index (χ0n) is 10.9. The van der Waals surface area contributed by atoms with Gasteiger partial charge in [0.05, 0.1) is 17.4 Å². The van der Waals surface area contributed by atoms with Gasteiger partial charge in [0.2, 0.25) is 0 Å². The van der Waals surface area contributed by atoms with E-state index in [0.29, 0.717) is 17.8 Å². The number of pyridine rings is 1. The van der Waals surface area contributed by atoms with Gasteiger partial charge in [0.25, 0.3) is 5.91 Å².